The quantitative estimate of drug-likeness (QED) is 0.758. The lowest BCUT2D eigenvalue weighted by molar-refractivity contribution is -0.122. The molecule has 2 atom stereocenters. The number of nitrogens with two attached hydrogens (primary N) is 1. The van der Waals surface area contributed by atoms with Crippen molar-refractivity contribution in [1.82, 2.24) is 15.6 Å². The SMILES string of the molecule is CC(C)C(N)c1nc(C(=O)NC2CCCCNC2=O)co1. The zero-order valence-electron chi connectivity index (χ0n) is 12.4. The van der Waals surface area contributed by atoms with Crippen LogP contribution in [0, 0.1) is 5.92 Å². The van der Waals surface area contributed by atoms with E-state index in [1.165, 1.54) is 6.26 Å². The molecule has 21 heavy (non-hydrogen) atoms. The van der Waals surface area contributed by atoms with E-state index in [9.17, 15) is 9.59 Å². The predicted molar refractivity (Wildman–Crippen MR) is 76.4 cm³/mol. The fraction of sp³-hybridized carbons (Fsp3) is 0.643. The van der Waals surface area contributed by atoms with E-state index in [0.29, 0.717) is 18.9 Å². The minimum atomic E-state index is -0.515. The van der Waals surface area contributed by atoms with E-state index < -0.39 is 11.9 Å². The molecule has 2 rings (SSSR count). The first kappa shape index (κ1) is 15.5. The maximum Gasteiger partial charge on any atom is 0.273 e. The smallest absolute Gasteiger partial charge is 0.273 e. The predicted octanol–water partition coefficient (Wildman–Crippen LogP) is 0.729. The van der Waals surface area contributed by atoms with Gasteiger partial charge in [-0.1, -0.05) is 13.8 Å². The molecule has 1 aliphatic heterocycles. The fourth-order valence-corrected chi connectivity index (χ4v) is 2.14. The highest BCUT2D eigenvalue weighted by Crippen LogP contribution is 2.18. The number of hydrogen-bond acceptors (Lipinski definition) is 5. The number of nitrogens with one attached hydrogen (secondary N) is 2. The monoisotopic (exact) mass is 294 g/mol. The molecule has 4 N–H and O–H groups in total. The number of oxazole rings is 1. The van der Waals surface area contributed by atoms with Crippen LogP contribution >= 0.6 is 0 Å². The van der Waals surface area contributed by atoms with Crippen molar-refractivity contribution in [3.63, 3.8) is 0 Å². The maximum atomic E-state index is 12.1. The van der Waals surface area contributed by atoms with Gasteiger partial charge in [0.25, 0.3) is 5.91 Å². The molecule has 0 saturated carbocycles. The zero-order chi connectivity index (χ0) is 15.4. The molecule has 1 saturated heterocycles. The van der Waals surface area contributed by atoms with Crippen molar-refractivity contribution < 1.29 is 14.0 Å². The Morgan fingerprint density at radius 3 is 3.00 bits per heavy atom. The number of amides is 2. The average Bonchev–Trinajstić information content (AvgIpc) is 2.85. The Hall–Kier alpha value is -1.89. The summed E-state index contributed by atoms with van der Waals surface area (Å²) < 4.78 is 5.25. The number of carbonyl (C=O) groups is 2. The highest BCUT2D eigenvalue weighted by Gasteiger charge is 2.25. The van der Waals surface area contributed by atoms with Gasteiger partial charge in [-0.2, -0.15) is 0 Å². The van der Waals surface area contributed by atoms with E-state index in [4.69, 9.17) is 10.2 Å². The van der Waals surface area contributed by atoms with E-state index in [1.54, 1.807) is 0 Å². The van der Waals surface area contributed by atoms with E-state index in [-0.39, 0.29) is 23.6 Å². The Balaban J connectivity index is 2.01. The van der Waals surface area contributed by atoms with Crippen LogP contribution in [0.4, 0.5) is 0 Å². The zero-order valence-corrected chi connectivity index (χ0v) is 12.4. The van der Waals surface area contributed by atoms with Gasteiger partial charge in [-0.25, -0.2) is 4.98 Å². The minimum absolute atomic E-state index is 0.150. The van der Waals surface area contributed by atoms with E-state index in [0.717, 1.165) is 12.8 Å². The highest BCUT2D eigenvalue weighted by molar-refractivity contribution is 5.95. The Labute approximate surface area is 123 Å². The van der Waals surface area contributed by atoms with Crippen molar-refractivity contribution in [2.45, 2.75) is 45.2 Å². The standard InChI is InChI=1S/C14H22N4O3/c1-8(2)11(15)14-18-10(7-21-14)13(20)17-9-5-3-4-6-16-12(9)19/h7-9,11H,3-6,15H2,1-2H3,(H,16,19)(H,17,20). The molecule has 0 bridgehead atoms. The number of hydrogen-bond donors (Lipinski definition) is 3. The summed E-state index contributed by atoms with van der Waals surface area (Å²) in [6, 6.07) is -0.869. The molecule has 7 heteroatoms. The summed E-state index contributed by atoms with van der Waals surface area (Å²) in [6.45, 7) is 4.55. The highest BCUT2D eigenvalue weighted by atomic mass is 16.3. The molecule has 0 spiro atoms. The Morgan fingerprint density at radius 1 is 1.52 bits per heavy atom. The molecule has 1 aromatic rings. The first-order chi connectivity index (χ1) is 9.99. The molecule has 2 heterocycles. The summed E-state index contributed by atoms with van der Waals surface area (Å²) >= 11 is 0. The summed E-state index contributed by atoms with van der Waals surface area (Å²) in [7, 11) is 0. The molecule has 116 valence electrons. The van der Waals surface area contributed by atoms with Gasteiger partial charge in [0.15, 0.2) is 5.69 Å². The lowest BCUT2D eigenvalue weighted by Gasteiger charge is -2.14. The van der Waals surface area contributed by atoms with Gasteiger partial charge in [-0.15, -0.1) is 0 Å². The van der Waals surface area contributed by atoms with Crippen LogP contribution in [0.2, 0.25) is 0 Å². The van der Waals surface area contributed by atoms with Gasteiger partial charge >= 0.3 is 0 Å². The molecule has 1 fully saturated rings. The number of carbonyl (C=O) groups excluding carboxylic acids is 2. The summed E-state index contributed by atoms with van der Waals surface area (Å²) in [5.74, 6) is -0.0703. The van der Waals surface area contributed by atoms with E-state index in [2.05, 4.69) is 15.6 Å². The summed E-state index contributed by atoms with van der Waals surface area (Å²) in [5.41, 5.74) is 6.08. The van der Waals surface area contributed by atoms with Crippen LogP contribution in [0.5, 0.6) is 0 Å². The molecule has 0 aromatic carbocycles. The number of nitrogens with zero attached hydrogens (tertiary/aromatic N) is 1. The van der Waals surface area contributed by atoms with Gasteiger partial charge in [0.05, 0.1) is 6.04 Å². The fourth-order valence-electron chi connectivity index (χ4n) is 2.14. The van der Waals surface area contributed by atoms with Crippen LogP contribution in [0.15, 0.2) is 10.7 Å². The van der Waals surface area contributed by atoms with Crippen LogP contribution in [-0.2, 0) is 4.79 Å². The van der Waals surface area contributed by atoms with Crippen LogP contribution in [0.1, 0.15) is 55.5 Å². The first-order valence-electron chi connectivity index (χ1n) is 7.28. The van der Waals surface area contributed by atoms with Crippen LogP contribution in [0.3, 0.4) is 0 Å². The van der Waals surface area contributed by atoms with Gasteiger partial charge in [0.1, 0.15) is 12.3 Å². The second-order valence-electron chi connectivity index (χ2n) is 5.65. The molecule has 2 amide bonds. The van der Waals surface area contributed by atoms with E-state index >= 15 is 0 Å². The maximum absolute atomic E-state index is 12.1. The molecule has 1 aromatic heterocycles. The third kappa shape index (κ3) is 3.81. The summed E-state index contributed by atoms with van der Waals surface area (Å²) in [6.07, 6.45) is 3.73. The molecule has 2 unspecified atom stereocenters. The topological polar surface area (TPSA) is 110 Å². The van der Waals surface area contributed by atoms with Crippen LogP contribution in [-0.4, -0.2) is 29.4 Å². The van der Waals surface area contributed by atoms with Crippen molar-refractivity contribution >= 4 is 11.8 Å². The third-order valence-corrected chi connectivity index (χ3v) is 3.60. The third-order valence-electron chi connectivity index (χ3n) is 3.60. The summed E-state index contributed by atoms with van der Waals surface area (Å²) in [4.78, 5) is 28.0. The van der Waals surface area contributed by atoms with Crippen molar-refractivity contribution in [3.05, 3.63) is 17.8 Å². The number of aromatic nitrogens is 1. The lowest BCUT2D eigenvalue weighted by Crippen LogP contribution is -2.45. The van der Waals surface area contributed by atoms with Crippen molar-refractivity contribution in [2.75, 3.05) is 6.54 Å². The molecule has 7 nitrogen and oxygen atoms in total. The second kappa shape index (κ2) is 6.71. The Kier molecular flexibility index (Phi) is 4.95. The molecule has 0 radical (unpaired) electrons. The van der Waals surface area contributed by atoms with Crippen molar-refractivity contribution in [1.29, 1.82) is 0 Å². The largest absolute Gasteiger partial charge is 0.446 e. The molecule has 1 aliphatic rings. The van der Waals surface area contributed by atoms with Crippen molar-refractivity contribution in [2.24, 2.45) is 11.7 Å². The Bertz CT molecular complexity index is 512. The summed E-state index contributed by atoms with van der Waals surface area (Å²) in [5, 5.41) is 5.46. The Morgan fingerprint density at radius 2 is 2.29 bits per heavy atom. The van der Waals surface area contributed by atoms with Gasteiger partial charge in [-0.3, -0.25) is 9.59 Å². The molecular formula is C14H22N4O3. The van der Waals surface area contributed by atoms with Crippen LogP contribution < -0.4 is 16.4 Å². The van der Waals surface area contributed by atoms with Gasteiger partial charge in [0, 0.05) is 6.54 Å². The normalized spacial score (nSPS) is 20.8. The van der Waals surface area contributed by atoms with Gasteiger partial charge in [-0.05, 0) is 25.2 Å². The van der Waals surface area contributed by atoms with Gasteiger partial charge in [0.2, 0.25) is 11.8 Å². The van der Waals surface area contributed by atoms with Crippen LogP contribution in [0.25, 0.3) is 0 Å². The number of rotatable bonds is 4. The van der Waals surface area contributed by atoms with Gasteiger partial charge < -0.3 is 20.8 Å². The first-order valence-corrected chi connectivity index (χ1v) is 7.28. The lowest BCUT2D eigenvalue weighted by atomic mass is 10.1. The second-order valence-corrected chi connectivity index (χ2v) is 5.65. The average molecular weight is 294 g/mol. The van der Waals surface area contributed by atoms with E-state index in [1.807, 2.05) is 13.8 Å². The van der Waals surface area contributed by atoms with Crippen molar-refractivity contribution in [3.8, 4) is 0 Å². The molecular weight excluding hydrogens is 272 g/mol. The minimum Gasteiger partial charge on any atom is -0.446 e. The molecule has 0 aliphatic carbocycles.